The fourth-order valence-electron chi connectivity index (χ4n) is 1.31. The summed E-state index contributed by atoms with van der Waals surface area (Å²) in [4.78, 5) is 13.2. The molecule has 1 fully saturated rings. The van der Waals surface area contributed by atoms with Crippen molar-refractivity contribution < 1.29 is 9.53 Å². The molecule has 1 aliphatic heterocycles. The maximum atomic E-state index is 11.6. The van der Waals surface area contributed by atoms with Crippen molar-refractivity contribution in [1.29, 1.82) is 5.26 Å². The number of rotatable bonds is 3. The molecular weight excluding hydrogens is 194 g/mol. The molecule has 80 valence electrons. The molecule has 1 unspecified atom stereocenters. The molecule has 0 aromatic rings. The van der Waals surface area contributed by atoms with E-state index in [-0.39, 0.29) is 12.5 Å². The number of nitrogens with one attached hydrogen (secondary N) is 1. The second-order valence-electron chi connectivity index (χ2n) is 3.14. The lowest BCUT2D eigenvalue weighted by Gasteiger charge is -2.29. The number of carbonyl (C=O) groups excluding carboxylic acids is 1. The molecule has 5 heteroatoms. The van der Waals surface area contributed by atoms with Crippen molar-refractivity contribution in [2.45, 2.75) is 6.10 Å². The molecule has 0 aromatic heterocycles. The predicted molar refractivity (Wildman–Crippen MR) is 53.6 cm³/mol. The Morgan fingerprint density at radius 2 is 2.53 bits per heavy atom. The van der Waals surface area contributed by atoms with Gasteiger partial charge in [-0.05, 0) is 0 Å². The van der Waals surface area contributed by atoms with Gasteiger partial charge in [0, 0.05) is 6.54 Å². The van der Waals surface area contributed by atoms with Crippen molar-refractivity contribution in [3.8, 4) is 18.4 Å². The smallest absolute Gasteiger partial charge is 0.236 e. The zero-order valence-electron chi connectivity index (χ0n) is 8.40. The maximum absolute atomic E-state index is 11.6. The van der Waals surface area contributed by atoms with Crippen molar-refractivity contribution >= 4 is 5.91 Å². The van der Waals surface area contributed by atoms with E-state index in [0.717, 1.165) is 0 Å². The highest BCUT2D eigenvalue weighted by molar-refractivity contribution is 5.78. The molecule has 0 aromatic carbocycles. The molecule has 1 rings (SSSR count). The molecule has 15 heavy (non-hydrogen) atoms. The van der Waals surface area contributed by atoms with Gasteiger partial charge in [-0.1, -0.05) is 5.92 Å². The van der Waals surface area contributed by atoms with Gasteiger partial charge in [-0.15, -0.1) is 6.42 Å². The van der Waals surface area contributed by atoms with Crippen LogP contribution in [-0.2, 0) is 9.53 Å². The first kappa shape index (κ1) is 11.5. The van der Waals surface area contributed by atoms with Gasteiger partial charge in [0.1, 0.15) is 0 Å². The second kappa shape index (κ2) is 6.02. The van der Waals surface area contributed by atoms with Crippen molar-refractivity contribution in [3.05, 3.63) is 0 Å². The first-order valence-electron chi connectivity index (χ1n) is 4.71. The van der Waals surface area contributed by atoms with Crippen LogP contribution in [-0.4, -0.2) is 49.7 Å². The molecule has 1 N–H and O–H groups in total. The number of hydrogen-bond donors (Lipinski definition) is 1. The molecular formula is C10H13N3O2. The van der Waals surface area contributed by atoms with Crippen LogP contribution < -0.4 is 5.32 Å². The predicted octanol–water partition coefficient (Wildman–Crippen LogP) is -1.04. The SMILES string of the molecule is C#CCNCC(=O)N1CCOC(C#N)C1. The van der Waals surface area contributed by atoms with E-state index in [1.54, 1.807) is 4.90 Å². The molecule has 1 aliphatic rings. The maximum Gasteiger partial charge on any atom is 0.236 e. The molecule has 0 bridgehead atoms. The summed E-state index contributed by atoms with van der Waals surface area (Å²) in [5.41, 5.74) is 0. The van der Waals surface area contributed by atoms with Crippen LogP contribution in [0.2, 0.25) is 0 Å². The van der Waals surface area contributed by atoms with Gasteiger partial charge >= 0.3 is 0 Å². The van der Waals surface area contributed by atoms with Gasteiger partial charge in [0.2, 0.25) is 5.91 Å². The van der Waals surface area contributed by atoms with Crippen LogP contribution in [0.5, 0.6) is 0 Å². The fraction of sp³-hybridized carbons (Fsp3) is 0.600. The topological polar surface area (TPSA) is 65.4 Å². The number of amides is 1. The lowest BCUT2D eigenvalue weighted by atomic mass is 10.3. The largest absolute Gasteiger partial charge is 0.360 e. The number of carbonyl (C=O) groups is 1. The highest BCUT2D eigenvalue weighted by Crippen LogP contribution is 2.03. The summed E-state index contributed by atoms with van der Waals surface area (Å²) in [6.07, 6.45) is 4.53. The zero-order chi connectivity index (χ0) is 11.1. The summed E-state index contributed by atoms with van der Waals surface area (Å²) < 4.78 is 5.13. The quantitative estimate of drug-likeness (QED) is 0.474. The van der Waals surface area contributed by atoms with Crippen LogP contribution in [0.4, 0.5) is 0 Å². The average Bonchev–Trinajstić information content (AvgIpc) is 2.29. The highest BCUT2D eigenvalue weighted by atomic mass is 16.5. The Hall–Kier alpha value is -1.56. The van der Waals surface area contributed by atoms with Crippen LogP contribution in [0, 0.1) is 23.7 Å². The first-order chi connectivity index (χ1) is 7.27. The zero-order valence-corrected chi connectivity index (χ0v) is 8.40. The first-order valence-corrected chi connectivity index (χ1v) is 4.71. The Balaban J connectivity index is 2.33. The van der Waals surface area contributed by atoms with Gasteiger partial charge in [-0.3, -0.25) is 10.1 Å². The second-order valence-corrected chi connectivity index (χ2v) is 3.14. The number of nitrogens with zero attached hydrogens (tertiary/aromatic N) is 2. The fourth-order valence-corrected chi connectivity index (χ4v) is 1.31. The van der Waals surface area contributed by atoms with Crippen LogP contribution >= 0.6 is 0 Å². The van der Waals surface area contributed by atoms with Crippen LogP contribution in [0.25, 0.3) is 0 Å². The molecule has 0 saturated carbocycles. The standard InChI is InChI=1S/C10H13N3O2/c1-2-3-12-7-10(14)13-4-5-15-9(6-11)8-13/h1,9,12H,3-5,7-8H2. The molecule has 0 aliphatic carbocycles. The van der Waals surface area contributed by atoms with Crippen LogP contribution in [0.3, 0.4) is 0 Å². The number of morpholine rings is 1. The minimum absolute atomic E-state index is 0.0474. The number of terminal acetylenes is 1. The molecule has 5 nitrogen and oxygen atoms in total. The minimum atomic E-state index is -0.504. The Morgan fingerprint density at radius 3 is 3.20 bits per heavy atom. The van der Waals surface area contributed by atoms with E-state index in [9.17, 15) is 4.79 Å². The van der Waals surface area contributed by atoms with Gasteiger partial charge in [0.25, 0.3) is 0 Å². The van der Waals surface area contributed by atoms with E-state index in [4.69, 9.17) is 16.4 Å². The molecule has 0 radical (unpaired) electrons. The van der Waals surface area contributed by atoms with Crippen molar-refractivity contribution in [2.75, 3.05) is 32.8 Å². The van der Waals surface area contributed by atoms with Gasteiger partial charge in [-0.25, -0.2) is 0 Å². The average molecular weight is 207 g/mol. The molecule has 1 atom stereocenters. The summed E-state index contributed by atoms with van der Waals surface area (Å²) in [5, 5.41) is 11.5. The van der Waals surface area contributed by atoms with E-state index in [1.807, 2.05) is 6.07 Å². The lowest BCUT2D eigenvalue weighted by molar-refractivity contribution is -0.135. The van der Waals surface area contributed by atoms with E-state index in [2.05, 4.69) is 11.2 Å². The monoisotopic (exact) mass is 207 g/mol. The summed E-state index contributed by atoms with van der Waals surface area (Å²) in [6, 6.07) is 1.99. The van der Waals surface area contributed by atoms with Gasteiger partial charge in [0.05, 0.1) is 32.3 Å². The van der Waals surface area contributed by atoms with Gasteiger partial charge in [0.15, 0.2) is 6.10 Å². The Kier molecular flexibility index (Phi) is 4.62. The van der Waals surface area contributed by atoms with Crippen LogP contribution in [0.15, 0.2) is 0 Å². The number of nitriles is 1. The van der Waals surface area contributed by atoms with Gasteiger partial charge < -0.3 is 9.64 Å². The minimum Gasteiger partial charge on any atom is -0.360 e. The molecule has 1 amide bonds. The molecule has 1 saturated heterocycles. The Morgan fingerprint density at radius 1 is 1.73 bits per heavy atom. The van der Waals surface area contributed by atoms with Crippen molar-refractivity contribution in [1.82, 2.24) is 10.2 Å². The number of ether oxygens (including phenoxy) is 1. The van der Waals surface area contributed by atoms with Crippen molar-refractivity contribution in [3.63, 3.8) is 0 Å². The highest BCUT2D eigenvalue weighted by Gasteiger charge is 2.23. The Bertz CT molecular complexity index is 303. The third kappa shape index (κ3) is 3.59. The summed E-state index contributed by atoms with van der Waals surface area (Å²) in [5.74, 6) is 2.34. The summed E-state index contributed by atoms with van der Waals surface area (Å²) in [6.45, 7) is 1.88. The third-order valence-corrected chi connectivity index (χ3v) is 2.07. The Labute approximate surface area is 89.0 Å². The van der Waals surface area contributed by atoms with E-state index < -0.39 is 6.10 Å². The van der Waals surface area contributed by atoms with Crippen LogP contribution in [0.1, 0.15) is 0 Å². The third-order valence-electron chi connectivity index (χ3n) is 2.07. The van der Waals surface area contributed by atoms with Crippen molar-refractivity contribution in [2.24, 2.45) is 0 Å². The van der Waals surface area contributed by atoms with E-state index >= 15 is 0 Å². The van der Waals surface area contributed by atoms with Gasteiger partial charge in [-0.2, -0.15) is 5.26 Å². The normalized spacial score (nSPS) is 20.4. The molecule has 1 heterocycles. The number of hydrogen-bond acceptors (Lipinski definition) is 4. The summed E-state index contributed by atoms with van der Waals surface area (Å²) in [7, 11) is 0. The summed E-state index contributed by atoms with van der Waals surface area (Å²) >= 11 is 0. The molecule has 0 spiro atoms. The van der Waals surface area contributed by atoms with E-state index in [0.29, 0.717) is 26.2 Å². The van der Waals surface area contributed by atoms with E-state index in [1.165, 1.54) is 0 Å². The lowest BCUT2D eigenvalue weighted by Crippen LogP contribution is -2.48.